The zero-order valence-corrected chi connectivity index (χ0v) is 20.1. The molecule has 1 aromatic carbocycles. The van der Waals surface area contributed by atoms with E-state index in [4.69, 9.17) is 16.0 Å². The van der Waals surface area contributed by atoms with Gasteiger partial charge in [0.15, 0.2) is 0 Å². The number of aryl methyl sites for hydroxylation is 2. The van der Waals surface area contributed by atoms with Crippen molar-refractivity contribution in [1.29, 1.82) is 0 Å². The minimum Gasteiger partial charge on any atom is -0.407 e. The lowest BCUT2D eigenvalue weighted by Gasteiger charge is -2.30. The molecular weight excluding hydrogens is 472 g/mol. The number of carbonyl (C=O) groups excluding carboxylic acids is 1. The van der Waals surface area contributed by atoms with E-state index in [9.17, 15) is 13.2 Å². The summed E-state index contributed by atoms with van der Waals surface area (Å²) in [5, 5.41) is 10.6. The molecule has 1 saturated heterocycles. The molecular formula is C21H23ClN4O4S2. The van der Waals surface area contributed by atoms with Gasteiger partial charge in [0.2, 0.25) is 11.8 Å². The molecule has 1 N–H and O–H groups in total. The van der Waals surface area contributed by atoms with Gasteiger partial charge in [0.05, 0.1) is 16.7 Å². The van der Waals surface area contributed by atoms with E-state index in [1.807, 2.05) is 26.0 Å². The van der Waals surface area contributed by atoms with Crippen LogP contribution in [0.3, 0.4) is 0 Å². The van der Waals surface area contributed by atoms with Crippen molar-refractivity contribution in [2.75, 3.05) is 18.4 Å². The molecule has 1 aliphatic heterocycles. The number of hydrogen-bond acceptors (Lipinski definition) is 7. The fourth-order valence-electron chi connectivity index (χ4n) is 3.61. The van der Waals surface area contributed by atoms with E-state index in [0.717, 1.165) is 16.9 Å². The molecule has 170 valence electrons. The number of aromatic nitrogens is 2. The second-order valence-corrected chi connectivity index (χ2v) is 11.7. The lowest BCUT2D eigenvalue weighted by molar-refractivity contribution is -0.121. The van der Waals surface area contributed by atoms with Crippen LogP contribution in [0.25, 0.3) is 0 Å². The Balaban J connectivity index is 1.39. The quantitative estimate of drug-likeness (QED) is 0.554. The van der Waals surface area contributed by atoms with E-state index in [1.54, 1.807) is 6.07 Å². The third-order valence-electron chi connectivity index (χ3n) is 5.52. The zero-order valence-electron chi connectivity index (χ0n) is 17.7. The molecule has 2 aromatic heterocycles. The largest absolute Gasteiger partial charge is 0.407 e. The van der Waals surface area contributed by atoms with Crippen LogP contribution in [-0.4, -0.2) is 41.9 Å². The molecule has 0 radical (unpaired) electrons. The number of sulfonamides is 1. The highest BCUT2D eigenvalue weighted by Gasteiger charge is 2.34. The second kappa shape index (κ2) is 9.30. The third-order valence-corrected chi connectivity index (χ3v) is 9.08. The summed E-state index contributed by atoms with van der Waals surface area (Å²) >= 11 is 6.90. The maximum Gasteiger partial charge on any atom is 0.322 e. The van der Waals surface area contributed by atoms with Gasteiger partial charge in [0, 0.05) is 13.1 Å². The van der Waals surface area contributed by atoms with Gasteiger partial charge >= 0.3 is 6.01 Å². The maximum absolute atomic E-state index is 12.9. The number of carbonyl (C=O) groups is 1. The fourth-order valence-corrected chi connectivity index (χ4v) is 6.77. The van der Waals surface area contributed by atoms with Crippen molar-refractivity contribution >= 4 is 44.9 Å². The van der Waals surface area contributed by atoms with Crippen molar-refractivity contribution in [3.05, 3.63) is 57.2 Å². The first-order valence-corrected chi connectivity index (χ1v) is 12.8. The number of hydrogen-bond donors (Lipinski definition) is 1. The first kappa shape index (κ1) is 22.9. The van der Waals surface area contributed by atoms with Gasteiger partial charge in [-0.1, -0.05) is 34.9 Å². The molecule has 1 unspecified atom stereocenters. The fraction of sp³-hybridized carbons (Fsp3) is 0.381. The maximum atomic E-state index is 12.9. The predicted octanol–water partition coefficient (Wildman–Crippen LogP) is 4.03. The van der Waals surface area contributed by atoms with E-state index >= 15 is 0 Å². The Kier molecular flexibility index (Phi) is 6.66. The Hall–Kier alpha value is -2.27. The van der Waals surface area contributed by atoms with E-state index in [1.165, 1.54) is 21.5 Å². The van der Waals surface area contributed by atoms with Crippen LogP contribution in [0.2, 0.25) is 4.34 Å². The number of piperidine rings is 1. The van der Waals surface area contributed by atoms with Crippen LogP contribution in [0.1, 0.15) is 35.4 Å². The van der Waals surface area contributed by atoms with Gasteiger partial charge in [-0.15, -0.1) is 16.4 Å². The lowest BCUT2D eigenvalue weighted by Crippen LogP contribution is -2.43. The predicted molar refractivity (Wildman–Crippen MR) is 122 cm³/mol. The normalized spacial score (nSPS) is 17.4. The van der Waals surface area contributed by atoms with Gasteiger partial charge in [-0.3, -0.25) is 10.1 Å². The lowest BCUT2D eigenvalue weighted by atomic mass is 9.99. The molecule has 0 spiro atoms. The SMILES string of the molecule is Cc1ccc(Cc2nnc(NC(=O)C3CCCN(S(=O)(=O)c4ccc(Cl)s4)C3)o2)cc1C. The van der Waals surface area contributed by atoms with E-state index in [0.29, 0.717) is 36.0 Å². The highest BCUT2D eigenvalue weighted by atomic mass is 35.5. The molecule has 1 amide bonds. The molecule has 4 rings (SSSR count). The average molecular weight is 495 g/mol. The summed E-state index contributed by atoms with van der Waals surface area (Å²) in [6, 6.07) is 9.16. The van der Waals surface area contributed by atoms with E-state index < -0.39 is 15.9 Å². The molecule has 8 nitrogen and oxygen atoms in total. The standard InChI is InChI=1S/C21H23ClN4O4S2/c1-13-5-6-15(10-14(13)2)11-18-24-25-21(30-18)23-20(27)16-4-3-9-26(12-16)32(28,29)19-8-7-17(22)31-19/h5-8,10,16H,3-4,9,11-12H2,1-2H3,(H,23,25,27). The van der Waals surface area contributed by atoms with Crippen LogP contribution in [0.4, 0.5) is 6.01 Å². The van der Waals surface area contributed by atoms with Crippen LogP contribution in [0.5, 0.6) is 0 Å². The highest BCUT2D eigenvalue weighted by molar-refractivity contribution is 7.91. The Bertz CT molecular complexity index is 1240. The van der Waals surface area contributed by atoms with Crippen molar-refractivity contribution < 1.29 is 17.6 Å². The summed E-state index contributed by atoms with van der Waals surface area (Å²) < 4.78 is 33.2. The van der Waals surface area contributed by atoms with Crippen molar-refractivity contribution in [2.45, 2.75) is 37.3 Å². The Morgan fingerprint density at radius 3 is 2.78 bits per heavy atom. The van der Waals surface area contributed by atoms with Crippen molar-refractivity contribution in [3.63, 3.8) is 0 Å². The minimum absolute atomic E-state index is 0.0128. The number of amides is 1. The van der Waals surface area contributed by atoms with Crippen LogP contribution < -0.4 is 5.32 Å². The minimum atomic E-state index is -3.68. The summed E-state index contributed by atoms with van der Waals surface area (Å²) in [7, 11) is -3.68. The molecule has 1 fully saturated rings. The topological polar surface area (TPSA) is 105 Å². The molecule has 3 heterocycles. The van der Waals surface area contributed by atoms with Crippen LogP contribution in [0, 0.1) is 19.8 Å². The summed E-state index contributed by atoms with van der Waals surface area (Å²) in [5.74, 6) is -0.453. The molecule has 1 aliphatic rings. The van der Waals surface area contributed by atoms with Crippen molar-refractivity contribution in [3.8, 4) is 0 Å². The number of rotatable bonds is 6. The number of thiophene rings is 1. The van der Waals surface area contributed by atoms with Gasteiger partial charge in [-0.25, -0.2) is 8.42 Å². The highest BCUT2D eigenvalue weighted by Crippen LogP contribution is 2.31. The number of nitrogens with one attached hydrogen (secondary N) is 1. The van der Waals surface area contributed by atoms with Gasteiger partial charge in [0.25, 0.3) is 10.0 Å². The summed E-state index contributed by atoms with van der Waals surface area (Å²) in [6.45, 7) is 4.54. The molecule has 32 heavy (non-hydrogen) atoms. The second-order valence-electron chi connectivity index (χ2n) is 7.85. The summed E-state index contributed by atoms with van der Waals surface area (Å²) in [5.41, 5.74) is 3.42. The molecule has 0 saturated carbocycles. The van der Waals surface area contributed by atoms with E-state index in [-0.39, 0.29) is 22.7 Å². The van der Waals surface area contributed by atoms with E-state index in [2.05, 4.69) is 21.6 Å². The van der Waals surface area contributed by atoms with Crippen LogP contribution in [-0.2, 0) is 21.2 Å². The first-order valence-electron chi connectivity index (χ1n) is 10.2. The van der Waals surface area contributed by atoms with Crippen molar-refractivity contribution in [2.24, 2.45) is 5.92 Å². The Labute approximate surface area is 195 Å². The Morgan fingerprint density at radius 2 is 2.06 bits per heavy atom. The summed E-state index contributed by atoms with van der Waals surface area (Å²) in [6.07, 6.45) is 1.62. The third kappa shape index (κ3) is 5.03. The number of nitrogens with zero attached hydrogens (tertiary/aromatic N) is 3. The monoisotopic (exact) mass is 494 g/mol. The van der Waals surface area contributed by atoms with Gasteiger partial charge in [-0.2, -0.15) is 4.31 Å². The van der Waals surface area contributed by atoms with Gasteiger partial charge in [0.1, 0.15) is 4.21 Å². The summed E-state index contributed by atoms with van der Waals surface area (Å²) in [4.78, 5) is 12.8. The molecule has 0 bridgehead atoms. The first-order chi connectivity index (χ1) is 15.2. The Morgan fingerprint density at radius 1 is 1.25 bits per heavy atom. The van der Waals surface area contributed by atoms with Crippen molar-refractivity contribution in [1.82, 2.24) is 14.5 Å². The van der Waals surface area contributed by atoms with Gasteiger partial charge in [-0.05, 0) is 55.5 Å². The van der Waals surface area contributed by atoms with Gasteiger partial charge < -0.3 is 4.42 Å². The molecule has 11 heteroatoms. The number of halogens is 1. The number of benzene rings is 1. The number of anilines is 1. The average Bonchev–Trinajstić information content (AvgIpc) is 3.40. The zero-order chi connectivity index (χ0) is 22.9. The van der Waals surface area contributed by atoms with Crippen LogP contribution in [0.15, 0.2) is 39.0 Å². The molecule has 1 atom stereocenters. The molecule has 3 aromatic rings. The van der Waals surface area contributed by atoms with Crippen LogP contribution >= 0.6 is 22.9 Å². The smallest absolute Gasteiger partial charge is 0.322 e. The molecule has 0 aliphatic carbocycles.